The van der Waals surface area contributed by atoms with E-state index in [4.69, 9.17) is 0 Å². The molecule has 6 nitrogen and oxygen atoms in total. The number of nitrogens with one attached hydrogen (secondary N) is 1. The number of thiophene rings is 1. The Bertz CT molecular complexity index is 766. The Morgan fingerprint density at radius 2 is 2.12 bits per heavy atom. The van der Waals surface area contributed by atoms with E-state index < -0.39 is 0 Å². The van der Waals surface area contributed by atoms with E-state index in [0.717, 1.165) is 25.9 Å². The first-order valence-corrected chi connectivity index (χ1v) is 10.2. The summed E-state index contributed by atoms with van der Waals surface area (Å²) in [6, 6.07) is 7.32. The standard InChI is InChI=1S/C19H26N4O2S/c1-2-3-12-23-18(24)9-8-15(21-23)19(25)20-14-16(17-7-6-13-26-17)22-10-4-5-11-22/h6-9,13,16H,2-5,10-12,14H2,1H3,(H,20,25). The molecule has 1 N–H and O–H groups in total. The van der Waals surface area contributed by atoms with Crippen LogP contribution in [-0.2, 0) is 6.54 Å². The molecule has 0 bridgehead atoms. The highest BCUT2D eigenvalue weighted by Crippen LogP contribution is 2.27. The van der Waals surface area contributed by atoms with Crippen LogP contribution in [0.15, 0.2) is 34.4 Å². The van der Waals surface area contributed by atoms with E-state index in [9.17, 15) is 9.59 Å². The van der Waals surface area contributed by atoms with E-state index in [1.165, 1.54) is 34.5 Å². The van der Waals surface area contributed by atoms with Gasteiger partial charge in [0.15, 0.2) is 0 Å². The second-order valence-electron chi connectivity index (χ2n) is 6.62. The average Bonchev–Trinajstić information content (AvgIpc) is 3.35. The van der Waals surface area contributed by atoms with Crippen molar-refractivity contribution in [2.24, 2.45) is 0 Å². The minimum absolute atomic E-state index is 0.163. The van der Waals surface area contributed by atoms with Gasteiger partial charge in [0.2, 0.25) is 0 Å². The largest absolute Gasteiger partial charge is 0.349 e. The van der Waals surface area contributed by atoms with Gasteiger partial charge >= 0.3 is 0 Å². The van der Waals surface area contributed by atoms with E-state index in [-0.39, 0.29) is 17.5 Å². The van der Waals surface area contributed by atoms with E-state index in [1.54, 1.807) is 11.3 Å². The van der Waals surface area contributed by atoms with Crippen molar-refractivity contribution in [2.45, 2.75) is 45.2 Å². The maximum atomic E-state index is 12.6. The fraction of sp³-hybridized carbons (Fsp3) is 0.526. The Balaban J connectivity index is 1.67. The summed E-state index contributed by atoms with van der Waals surface area (Å²) < 4.78 is 1.38. The number of aromatic nitrogens is 2. The molecule has 1 aliphatic rings. The fourth-order valence-electron chi connectivity index (χ4n) is 3.26. The lowest BCUT2D eigenvalue weighted by Gasteiger charge is -2.26. The molecule has 0 saturated carbocycles. The van der Waals surface area contributed by atoms with E-state index >= 15 is 0 Å². The summed E-state index contributed by atoms with van der Waals surface area (Å²) in [6.07, 6.45) is 4.26. The monoisotopic (exact) mass is 374 g/mol. The summed E-state index contributed by atoms with van der Waals surface area (Å²) in [6.45, 7) is 5.29. The van der Waals surface area contributed by atoms with E-state index in [1.807, 2.05) is 0 Å². The number of likely N-dealkylation sites (tertiary alicyclic amines) is 1. The number of rotatable bonds is 8. The summed E-state index contributed by atoms with van der Waals surface area (Å²) in [5.41, 5.74) is 0.135. The van der Waals surface area contributed by atoms with Crippen LogP contribution in [0.1, 0.15) is 54.0 Å². The van der Waals surface area contributed by atoms with Gasteiger partial charge in [-0.2, -0.15) is 5.10 Å². The zero-order valence-corrected chi connectivity index (χ0v) is 16.0. The first-order chi connectivity index (χ1) is 12.7. The Labute approximate surface area is 157 Å². The zero-order valence-electron chi connectivity index (χ0n) is 15.2. The molecular weight excluding hydrogens is 348 g/mol. The molecular formula is C19H26N4O2S. The summed E-state index contributed by atoms with van der Waals surface area (Å²) in [4.78, 5) is 28.1. The van der Waals surface area contributed by atoms with Gasteiger partial charge in [0.05, 0.1) is 6.04 Å². The molecule has 1 fully saturated rings. The molecule has 1 aliphatic heterocycles. The average molecular weight is 375 g/mol. The molecule has 1 saturated heterocycles. The van der Waals surface area contributed by atoms with Gasteiger partial charge in [-0.3, -0.25) is 14.5 Å². The lowest BCUT2D eigenvalue weighted by molar-refractivity contribution is 0.0930. The van der Waals surface area contributed by atoms with Crippen molar-refractivity contribution < 1.29 is 4.79 Å². The molecule has 1 amide bonds. The predicted octanol–water partition coefficient (Wildman–Crippen LogP) is 2.67. The van der Waals surface area contributed by atoms with Crippen LogP contribution in [0.4, 0.5) is 0 Å². The normalized spacial score (nSPS) is 15.9. The number of aryl methyl sites for hydroxylation is 1. The fourth-order valence-corrected chi connectivity index (χ4v) is 4.12. The second-order valence-corrected chi connectivity index (χ2v) is 7.60. The van der Waals surface area contributed by atoms with Crippen molar-refractivity contribution in [3.05, 3.63) is 50.6 Å². The van der Waals surface area contributed by atoms with Gasteiger partial charge in [0, 0.05) is 24.0 Å². The molecule has 2 aromatic heterocycles. The molecule has 2 aromatic rings. The highest BCUT2D eigenvalue weighted by Gasteiger charge is 2.25. The first kappa shape index (κ1) is 18.8. The van der Waals surface area contributed by atoms with Crippen LogP contribution < -0.4 is 10.9 Å². The number of nitrogens with zero attached hydrogens (tertiary/aromatic N) is 3. The van der Waals surface area contributed by atoms with Crippen molar-refractivity contribution >= 4 is 17.2 Å². The van der Waals surface area contributed by atoms with Crippen LogP contribution in [0.5, 0.6) is 0 Å². The maximum absolute atomic E-state index is 12.6. The van der Waals surface area contributed by atoms with Crippen LogP contribution in [0, 0.1) is 0 Å². The molecule has 3 heterocycles. The molecule has 140 valence electrons. The number of hydrogen-bond donors (Lipinski definition) is 1. The third-order valence-corrected chi connectivity index (χ3v) is 5.71. The van der Waals surface area contributed by atoms with Gasteiger partial charge in [-0.1, -0.05) is 19.4 Å². The maximum Gasteiger partial charge on any atom is 0.271 e. The molecule has 26 heavy (non-hydrogen) atoms. The summed E-state index contributed by atoms with van der Waals surface area (Å²) >= 11 is 1.72. The van der Waals surface area contributed by atoms with Crippen LogP contribution in [0.3, 0.4) is 0 Å². The molecule has 3 rings (SSSR count). The number of amides is 1. The van der Waals surface area contributed by atoms with Gasteiger partial charge in [-0.25, -0.2) is 4.68 Å². The minimum Gasteiger partial charge on any atom is -0.349 e. The lowest BCUT2D eigenvalue weighted by Crippen LogP contribution is -2.37. The van der Waals surface area contributed by atoms with Crippen molar-refractivity contribution in [1.29, 1.82) is 0 Å². The molecule has 0 aliphatic carbocycles. The van der Waals surface area contributed by atoms with Crippen molar-refractivity contribution in [3.8, 4) is 0 Å². The van der Waals surface area contributed by atoms with Gasteiger partial charge < -0.3 is 5.32 Å². The van der Waals surface area contributed by atoms with E-state index in [2.05, 4.69) is 39.8 Å². The molecule has 1 atom stereocenters. The Hall–Kier alpha value is -1.99. The zero-order chi connectivity index (χ0) is 18.4. The first-order valence-electron chi connectivity index (χ1n) is 9.33. The summed E-state index contributed by atoms with van der Waals surface area (Å²) in [5.74, 6) is -0.226. The van der Waals surface area contributed by atoms with Crippen LogP contribution in [0.2, 0.25) is 0 Å². The Kier molecular flexibility index (Phi) is 6.57. The number of hydrogen-bond acceptors (Lipinski definition) is 5. The van der Waals surface area contributed by atoms with Gasteiger partial charge in [0.25, 0.3) is 11.5 Å². The summed E-state index contributed by atoms with van der Waals surface area (Å²) in [7, 11) is 0. The van der Waals surface area contributed by atoms with Crippen LogP contribution in [-0.4, -0.2) is 40.2 Å². The third kappa shape index (κ3) is 4.59. The minimum atomic E-state index is -0.226. The third-order valence-electron chi connectivity index (χ3n) is 4.73. The van der Waals surface area contributed by atoms with Crippen molar-refractivity contribution in [1.82, 2.24) is 20.0 Å². The SMILES string of the molecule is CCCCn1nc(C(=O)NCC(c2cccs2)N2CCCC2)ccc1=O. The summed E-state index contributed by atoms with van der Waals surface area (Å²) in [5, 5.41) is 9.32. The Morgan fingerprint density at radius 1 is 1.31 bits per heavy atom. The quantitative estimate of drug-likeness (QED) is 0.771. The van der Waals surface area contributed by atoms with E-state index in [0.29, 0.717) is 18.8 Å². The smallest absolute Gasteiger partial charge is 0.271 e. The number of carbonyl (C=O) groups excluding carboxylic acids is 1. The van der Waals surface area contributed by atoms with Gasteiger partial charge in [0.1, 0.15) is 5.69 Å². The second kappa shape index (κ2) is 9.09. The molecule has 0 spiro atoms. The topological polar surface area (TPSA) is 67.2 Å². The van der Waals surface area contributed by atoms with Crippen LogP contribution >= 0.6 is 11.3 Å². The Morgan fingerprint density at radius 3 is 2.81 bits per heavy atom. The highest BCUT2D eigenvalue weighted by molar-refractivity contribution is 7.10. The molecule has 7 heteroatoms. The van der Waals surface area contributed by atoms with Gasteiger partial charge in [-0.05, 0) is 49.9 Å². The number of carbonyl (C=O) groups is 1. The molecule has 0 radical (unpaired) electrons. The molecule has 1 unspecified atom stereocenters. The lowest BCUT2D eigenvalue weighted by atomic mass is 10.2. The molecule has 0 aromatic carbocycles. The number of unbranched alkanes of at least 4 members (excludes halogenated alkanes) is 1. The predicted molar refractivity (Wildman–Crippen MR) is 104 cm³/mol. The van der Waals surface area contributed by atoms with Gasteiger partial charge in [-0.15, -0.1) is 11.3 Å². The van der Waals surface area contributed by atoms with Crippen LogP contribution in [0.25, 0.3) is 0 Å². The highest BCUT2D eigenvalue weighted by atomic mass is 32.1. The van der Waals surface area contributed by atoms with Crippen molar-refractivity contribution in [3.63, 3.8) is 0 Å². The van der Waals surface area contributed by atoms with Crippen molar-refractivity contribution in [2.75, 3.05) is 19.6 Å².